The van der Waals surface area contributed by atoms with Crippen LogP contribution in [0.4, 0.5) is 17.5 Å². The van der Waals surface area contributed by atoms with Gasteiger partial charge in [-0.15, -0.1) is 0 Å². The summed E-state index contributed by atoms with van der Waals surface area (Å²) in [5.41, 5.74) is 3.35. The van der Waals surface area contributed by atoms with E-state index in [9.17, 15) is 0 Å². The highest BCUT2D eigenvalue weighted by molar-refractivity contribution is 9.10. The zero-order valence-electron chi connectivity index (χ0n) is 12.8. The van der Waals surface area contributed by atoms with Crippen molar-refractivity contribution in [2.24, 2.45) is 0 Å². The number of nitrogens with one attached hydrogen (secondary N) is 2. The van der Waals surface area contributed by atoms with E-state index in [-0.39, 0.29) is 0 Å². The second kappa shape index (κ2) is 7.24. The van der Waals surface area contributed by atoms with E-state index in [1.807, 2.05) is 36.4 Å². The Bertz CT molecular complexity index is 790. The van der Waals surface area contributed by atoms with Crippen molar-refractivity contribution in [1.82, 2.24) is 9.97 Å². The summed E-state index contributed by atoms with van der Waals surface area (Å²) >= 11 is 3.55. The Hall–Kier alpha value is -2.40. The third-order valence-electron chi connectivity index (χ3n) is 3.34. The van der Waals surface area contributed by atoms with Gasteiger partial charge in [-0.05, 0) is 52.2 Å². The van der Waals surface area contributed by atoms with Gasteiger partial charge in [0.15, 0.2) is 0 Å². The van der Waals surface area contributed by atoms with Crippen LogP contribution < -0.4 is 10.6 Å². The monoisotopic (exact) mass is 368 g/mol. The predicted octanol–water partition coefficient (Wildman–Crippen LogP) is 4.90. The molecule has 3 aromatic rings. The molecule has 2 N–H and O–H groups in total. The molecule has 0 amide bonds. The lowest BCUT2D eigenvalue weighted by atomic mass is 10.2. The largest absolute Gasteiger partial charge is 0.366 e. The number of rotatable bonds is 5. The maximum absolute atomic E-state index is 4.49. The topological polar surface area (TPSA) is 49.8 Å². The first-order valence-electron chi connectivity index (χ1n) is 7.35. The molecule has 0 saturated carbocycles. The van der Waals surface area contributed by atoms with E-state index in [0.29, 0.717) is 5.95 Å². The molecule has 0 fully saturated rings. The molecular formula is C18H17BrN4. The van der Waals surface area contributed by atoms with Crippen LogP contribution in [0.3, 0.4) is 0 Å². The molecule has 0 bridgehead atoms. The number of nitrogens with zero attached hydrogens (tertiary/aromatic N) is 2. The summed E-state index contributed by atoms with van der Waals surface area (Å²) in [7, 11) is 0. The average Bonchev–Trinajstić information content (AvgIpc) is 2.57. The summed E-state index contributed by atoms with van der Waals surface area (Å²) in [5, 5.41) is 6.54. The summed E-state index contributed by atoms with van der Waals surface area (Å²) in [6.45, 7) is 2.78. The molecule has 1 aromatic heterocycles. The lowest BCUT2D eigenvalue weighted by molar-refractivity contribution is 1.08. The number of anilines is 3. The van der Waals surface area contributed by atoms with Crippen molar-refractivity contribution >= 4 is 33.4 Å². The van der Waals surface area contributed by atoms with Crippen molar-refractivity contribution in [3.63, 3.8) is 0 Å². The van der Waals surface area contributed by atoms with Crippen LogP contribution >= 0.6 is 15.9 Å². The van der Waals surface area contributed by atoms with Crippen LogP contribution in [0.2, 0.25) is 0 Å². The van der Waals surface area contributed by atoms with Crippen LogP contribution in [0.5, 0.6) is 0 Å². The molecule has 0 radical (unpaired) electrons. The molecule has 0 unspecified atom stereocenters. The number of aryl methyl sites for hydroxylation is 1. The first kappa shape index (κ1) is 15.5. The van der Waals surface area contributed by atoms with Gasteiger partial charge in [0.25, 0.3) is 0 Å². The van der Waals surface area contributed by atoms with Crippen LogP contribution in [0.15, 0.2) is 65.3 Å². The van der Waals surface area contributed by atoms with E-state index >= 15 is 0 Å². The highest BCUT2D eigenvalue weighted by Crippen LogP contribution is 2.25. The van der Waals surface area contributed by atoms with E-state index in [4.69, 9.17) is 0 Å². The highest BCUT2D eigenvalue weighted by atomic mass is 79.9. The maximum atomic E-state index is 4.49. The number of benzene rings is 2. The zero-order valence-corrected chi connectivity index (χ0v) is 14.3. The van der Waals surface area contributed by atoms with Gasteiger partial charge in [0.1, 0.15) is 5.82 Å². The van der Waals surface area contributed by atoms with Crippen molar-refractivity contribution in [3.05, 3.63) is 76.4 Å². The van der Waals surface area contributed by atoms with Gasteiger partial charge < -0.3 is 10.6 Å². The Morgan fingerprint density at radius 1 is 1.04 bits per heavy atom. The molecule has 0 aliphatic rings. The Kier molecular flexibility index (Phi) is 4.88. The Balaban J connectivity index is 1.69. The van der Waals surface area contributed by atoms with Crippen LogP contribution in [0, 0.1) is 6.92 Å². The molecule has 4 nitrogen and oxygen atoms in total. The van der Waals surface area contributed by atoms with Gasteiger partial charge in [0.05, 0.1) is 5.69 Å². The molecule has 2 aromatic carbocycles. The fourth-order valence-electron chi connectivity index (χ4n) is 2.15. The Labute approximate surface area is 144 Å². The summed E-state index contributed by atoms with van der Waals surface area (Å²) < 4.78 is 0.990. The summed E-state index contributed by atoms with van der Waals surface area (Å²) in [6.07, 6.45) is 1.74. The minimum absolute atomic E-state index is 0.563. The average molecular weight is 369 g/mol. The summed E-state index contributed by atoms with van der Waals surface area (Å²) in [5.74, 6) is 1.35. The molecular weight excluding hydrogens is 352 g/mol. The molecule has 0 atom stereocenters. The lowest BCUT2D eigenvalue weighted by Gasteiger charge is -2.10. The van der Waals surface area contributed by atoms with Gasteiger partial charge in [-0.2, -0.15) is 4.98 Å². The first-order valence-corrected chi connectivity index (χ1v) is 8.14. The minimum atomic E-state index is 0.563. The third-order valence-corrected chi connectivity index (χ3v) is 4.00. The zero-order chi connectivity index (χ0) is 16.1. The van der Waals surface area contributed by atoms with Gasteiger partial charge >= 0.3 is 0 Å². The minimum Gasteiger partial charge on any atom is -0.366 e. The summed E-state index contributed by atoms with van der Waals surface area (Å²) in [6, 6.07) is 18.2. The standard InChI is InChI=1S/C18H17BrN4/c1-13-7-8-16(15(19)11-13)22-18-20-10-9-17(23-18)21-12-14-5-3-2-4-6-14/h2-11H,12H2,1H3,(H2,20,21,22,23). The van der Waals surface area contributed by atoms with Gasteiger partial charge in [-0.25, -0.2) is 4.98 Å². The van der Waals surface area contributed by atoms with Crippen molar-refractivity contribution < 1.29 is 0 Å². The molecule has 23 heavy (non-hydrogen) atoms. The number of hydrogen-bond donors (Lipinski definition) is 2. The normalized spacial score (nSPS) is 10.3. The van der Waals surface area contributed by atoms with Gasteiger partial charge in [0, 0.05) is 17.2 Å². The molecule has 3 rings (SSSR count). The van der Waals surface area contributed by atoms with E-state index in [1.165, 1.54) is 11.1 Å². The molecule has 0 aliphatic heterocycles. The Morgan fingerprint density at radius 3 is 2.65 bits per heavy atom. The van der Waals surface area contributed by atoms with E-state index in [0.717, 1.165) is 22.5 Å². The van der Waals surface area contributed by atoms with Gasteiger partial charge in [0.2, 0.25) is 5.95 Å². The van der Waals surface area contributed by atoms with Gasteiger partial charge in [-0.3, -0.25) is 0 Å². The fraction of sp³-hybridized carbons (Fsp3) is 0.111. The molecule has 116 valence electrons. The molecule has 0 aliphatic carbocycles. The number of halogens is 1. The maximum Gasteiger partial charge on any atom is 0.229 e. The molecule has 0 saturated heterocycles. The lowest BCUT2D eigenvalue weighted by Crippen LogP contribution is -2.04. The van der Waals surface area contributed by atoms with Crippen molar-refractivity contribution in [2.75, 3.05) is 10.6 Å². The van der Waals surface area contributed by atoms with Gasteiger partial charge in [-0.1, -0.05) is 36.4 Å². The molecule has 1 heterocycles. The fourth-order valence-corrected chi connectivity index (χ4v) is 2.74. The smallest absolute Gasteiger partial charge is 0.229 e. The van der Waals surface area contributed by atoms with E-state index in [1.54, 1.807) is 6.20 Å². The van der Waals surface area contributed by atoms with Crippen LogP contribution in [0.1, 0.15) is 11.1 Å². The quantitative estimate of drug-likeness (QED) is 0.672. The van der Waals surface area contributed by atoms with Crippen LogP contribution in [-0.2, 0) is 6.54 Å². The van der Waals surface area contributed by atoms with Crippen LogP contribution in [-0.4, -0.2) is 9.97 Å². The van der Waals surface area contributed by atoms with Crippen LogP contribution in [0.25, 0.3) is 0 Å². The summed E-state index contributed by atoms with van der Waals surface area (Å²) in [4.78, 5) is 8.76. The number of aromatic nitrogens is 2. The second-order valence-corrected chi connectivity index (χ2v) is 6.07. The third kappa shape index (κ3) is 4.29. The van der Waals surface area contributed by atoms with E-state index < -0.39 is 0 Å². The van der Waals surface area contributed by atoms with Crippen molar-refractivity contribution in [2.45, 2.75) is 13.5 Å². The van der Waals surface area contributed by atoms with Crippen molar-refractivity contribution in [1.29, 1.82) is 0 Å². The predicted molar refractivity (Wildman–Crippen MR) is 98.0 cm³/mol. The SMILES string of the molecule is Cc1ccc(Nc2nccc(NCc3ccccc3)n2)c(Br)c1. The highest BCUT2D eigenvalue weighted by Gasteiger charge is 2.04. The number of hydrogen-bond acceptors (Lipinski definition) is 4. The molecule has 5 heteroatoms. The Morgan fingerprint density at radius 2 is 1.87 bits per heavy atom. The second-order valence-electron chi connectivity index (χ2n) is 5.21. The first-order chi connectivity index (χ1) is 11.2. The van der Waals surface area contributed by atoms with Crippen molar-refractivity contribution in [3.8, 4) is 0 Å². The molecule has 0 spiro atoms. The van der Waals surface area contributed by atoms with E-state index in [2.05, 4.69) is 61.7 Å².